The van der Waals surface area contributed by atoms with Crippen molar-refractivity contribution in [3.63, 3.8) is 0 Å². The number of sulfone groups is 1. The summed E-state index contributed by atoms with van der Waals surface area (Å²) < 4.78 is 115. The highest BCUT2D eigenvalue weighted by atomic mass is 35.5. The van der Waals surface area contributed by atoms with E-state index in [9.17, 15) is 34.8 Å². The molecule has 2 N–H and O–H groups in total. The average molecular weight is 1310 g/mol. The Hall–Kier alpha value is -5.75. The summed E-state index contributed by atoms with van der Waals surface area (Å²) in [6.45, 7) is 24.4. The van der Waals surface area contributed by atoms with E-state index in [4.69, 9.17) is 20.5 Å². The van der Waals surface area contributed by atoms with E-state index < -0.39 is 69.4 Å². The van der Waals surface area contributed by atoms with Crippen molar-refractivity contribution in [3.8, 4) is 11.1 Å². The number of alkyl halides is 3. The summed E-state index contributed by atoms with van der Waals surface area (Å²) in [6.07, 6.45) is 1.74. The number of benzene rings is 7. The van der Waals surface area contributed by atoms with E-state index in [1.54, 1.807) is 30.8 Å². The van der Waals surface area contributed by atoms with Crippen LogP contribution in [0.2, 0.25) is 28.2 Å². The monoisotopic (exact) mass is 1310 g/mol. The highest BCUT2D eigenvalue weighted by Crippen LogP contribution is 2.47. The van der Waals surface area contributed by atoms with Gasteiger partial charge in [-0.1, -0.05) is 175 Å². The fraction of sp³-hybridized carbons (Fsp3) is 0.368. The molecule has 0 aromatic heterocycles. The summed E-state index contributed by atoms with van der Waals surface area (Å²) in [5.41, 5.74) is -2.19. The molecule has 20 heteroatoms. The van der Waals surface area contributed by atoms with Crippen molar-refractivity contribution < 1.29 is 43.7 Å². The van der Waals surface area contributed by atoms with Crippen LogP contribution in [0.5, 0.6) is 0 Å². The van der Waals surface area contributed by atoms with E-state index >= 15 is 0 Å². The number of halogens is 4. The molecule has 88 heavy (non-hydrogen) atoms. The molecule has 1 amide bonds. The van der Waals surface area contributed by atoms with E-state index in [0.717, 1.165) is 62.6 Å². The molecule has 3 atom stereocenters. The van der Waals surface area contributed by atoms with Gasteiger partial charge in [0.05, 0.1) is 22.1 Å². The van der Waals surface area contributed by atoms with Gasteiger partial charge in [0.1, 0.15) is 4.90 Å². The number of nitrogens with one attached hydrogen (secondary N) is 2. The molecular weight excluding hydrogens is 1230 g/mol. The second kappa shape index (κ2) is 28.2. The number of hydrogen-bond donors (Lipinski definition) is 2. The van der Waals surface area contributed by atoms with E-state index in [1.807, 2.05) is 109 Å². The molecule has 1 fully saturated rings. The third kappa shape index (κ3) is 15.9. The quantitative estimate of drug-likeness (QED) is 0.0340. The Labute approximate surface area is 531 Å². The minimum absolute atomic E-state index is 0.0299. The molecule has 0 radical (unpaired) electrons. The third-order valence-electron chi connectivity index (χ3n) is 17.1. The lowest BCUT2D eigenvalue weighted by Crippen LogP contribution is -2.67. The van der Waals surface area contributed by atoms with Crippen molar-refractivity contribution >= 4 is 87.5 Å². The van der Waals surface area contributed by atoms with Crippen LogP contribution < -0.4 is 25.3 Å². The first-order valence-corrected chi connectivity index (χ1v) is 38.9. The molecular formula is C68H82ClF3N4O7S3Si2. The van der Waals surface area contributed by atoms with E-state index in [1.165, 1.54) is 12.1 Å². The molecule has 7 aromatic rings. The Balaban J connectivity index is 0.972. The number of thioether (sulfide) groups is 1. The first kappa shape index (κ1) is 68.2. The van der Waals surface area contributed by atoms with Gasteiger partial charge >= 0.3 is 5.51 Å². The number of rotatable bonds is 24. The highest BCUT2D eigenvalue weighted by Gasteiger charge is 2.51. The van der Waals surface area contributed by atoms with Crippen LogP contribution in [0.25, 0.3) is 11.1 Å². The standard InChI is InChI=1S/C68H82ClF3N4O7S3Si2/c1-11-75(45-46-82-88(67(6,7)8,57-25-17-13-18-26-57)58-27-19-14-20-28-58)63(84-55-23-15-12-16-24-55)47-49(2)73-61-40-39-56(48-62(61)85(78,79)68(70,71)72)86(80,81)74-65(77)52-33-37-54(38-34-52)76-43-41-51(42-44-76)64(83-87(9,10)66(3,4)5)60-30-22-21-29-59(60)50-31-35-53(69)36-32-50/h12-40,48-49,51,63-64,73H,11,41-47H2,1-10H3,(H,74,77)/t49?,63-,64?/m1/s1. The van der Waals surface area contributed by atoms with Crippen LogP contribution in [0.3, 0.4) is 0 Å². The van der Waals surface area contributed by atoms with Gasteiger partial charge in [0.2, 0.25) is 0 Å². The van der Waals surface area contributed by atoms with Crippen LogP contribution >= 0.6 is 23.4 Å². The molecule has 0 aliphatic carbocycles. The second-order valence-corrected chi connectivity index (χ2v) is 39.5. The van der Waals surface area contributed by atoms with Crippen molar-refractivity contribution in [2.24, 2.45) is 5.92 Å². The summed E-state index contributed by atoms with van der Waals surface area (Å²) in [6, 6.07) is 54.8. The number of piperidine rings is 1. The summed E-state index contributed by atoms with van der Waals surface area (Å²) >= 11 is 7.86. The van der Waals surface area contributed by atoms with Crippen molar-refractivity contribution in [3.05, 3.63) is 198 Å². The van der Waals surface area contributed by atoms with E-state index in [2.05, 4.69) is 112 Å². The number of sulfonamides is 1. The summed E-state index contributed by atoms with van der Waals surface area (Å²) in [5.74, 6) is -0.868. The number of carbonyl (C=O) groups is 1. The smallest absolute Gasteiger partial charge is 0.410 e. The molecule has 0 spiro atoms. The van der Waals surface area contributed by atoms with Gasteiger partial charge in [0.15, 0.2) is 8.32 Å². The zero-order valence-electron chi connectivity index (χ0n) is 51.8. The molecule has 0 saturated carbocycles. The Morgan fingerprint density at radius 3 is 1.84 bits per heavy atom. The number of amides is 1. The molecule has 1 saturated heterocycles. The van der Waals surface area contributed by atoms with Gasteiger partial charge in [0.25, 0.3) is 34.1 Å². The van der Waals surface area contributed by atoms with Crippen molar-refractivity contribution in [2.45, 2.75) is 136 Å². The molecule has 2 unspecified atom stereocenters. The molecule has 0 bridgehead atoms. The number of anilines is 2. The zero-order chi connectivity index (χ0) is 63.9. The first-order chi connectivity index (χ1) is 41.5. The van der Waals surface area contributed by atoms with Crippen LogP contribution in [-0.2, 0) is 28.7 Å². The number of likely N-dealkylation sites (N-methyl/N-ethyl adjacent to an activating group) is 1. The minimum atomic E-state index is -6.15. The van der Waals surface area contributed by atoms with Gasteiger partial charge < -0.3 is 19.1 Å². The maximum atomic E-state index is 14.6. The second-order valence-electron chi connectivity index (χ2n) is 25.1. The Kier molecular flexibility index (Phi) is 21.8. The maximum Gasteiger partial charge on any atom is 0.501 e. The molecule has 8 rings (SSSR count). The first-order valence-electron chi connectivity index (χ1n) is 29.8. The predicted octanol–water partition coefficient (Wildman–Crippen LogP) is 15.6. The van der Waals surface area contributed by atoms with Crippen molar-refractivity contribution in [1.29, 1.82) is 0 Å². The van der Waals surface area contributed by atoms with Gasteiger partial charge in [-0.25, -0.2) is 21.6 Å². The van der Waals surface area contributed by atoms with Gasteiger partial charge in [-0.05, 0) is 156 Å². The third-order valence-corrected chi connectivity index (χ3v) is 31.0. The Morgan fingerprint density at radius 1 is 0.739 bits per heavy atom. The number of nitrogens with zero attached hydrogens (tertiary/aromatic N) is 2. The molecule has 1 aliphatic heterocycles. The fourth-order valence-electron chi connectivity index (χ4n) is 11.3. The van der Waals surface area contributed by atoms with Gasteiger partial charge in [-0.15, -0.1) is 11.8 Å². The van der Waals surface area contributed by atoms with Crippen LogP contribution in [0.4, 0.5) is 24.5 Å². The lowest BCUT2D eigenvalue weighted by Gasteiger charge is -2.44. The van der Waals surface area contributed by atoms with Crippen LogP contribution in [0.1, 0.15) is 96.7 Å². The molecule has 7 aromatic carbocycles. The molecule has 1 aliphatic rings. The Morgan fingerprint density at radius 2 is 1.30 bits per heavy atom. The van der Waals surface area contributed by atoms with Crippen molar-refractivity contribution in [2.75, 3.05) is 43.0 Å². The largest absolute Gasteiger partial charge is 0.501 e. The minimum Gasteiger partial charge on any atom is -0.410 e. The SMILES string of the molecule is CCN(CCO[Si](c1ccccc1)(c1ccccc1)C(C)(C)C)[C@@H](CC(C)Nc1ccc(S(=O)(=O)NC(=O)c2ccc(N3CCC(C(O[Si](C)(C)C(C)(C)C)c4ccccc4-c4ccc(Cl)cc4)CC3)cc2)cc1S(=O)(=O)C(F)(F)F)Sc1ccccc1. The number of carbonyl (C=O) groups excluding carboxylic acids is 1. The normalized spacial score (nSPS) is 15.2. The van der Waals surface area contributed by atoms with Crippen molar-refractivity contribution in [1.82, 2.24) is 9.62 Å². The van der Waals surface area contributed by atoms with Crippen LogP contribution in [0.15, 0.2) is 197 Å². The fourth-order valence-corrected chi connectivity index (χ4v) is 20.8. The van der Waals surface area contributed by atoms with Crippen LogP contribution in [0, 0.1) is 5.92 Å². The summed E-state index contributed by atoms with van der Waals surface area (Å²) in [5, 5.41) is 5.33. The summed E-state index contributed by atoms with van der Waals surface area (Å²) in [4.78, 5) is 17.0. The predicted molar refractivity (Wildman–Crippen MR) is 358 cm³/mol. The lowest BCUT2D eigenvalue weighted by atomic mass is 9.84. The van der Waals surface area contributed by atoms with Crippen LogP contribution in [-0.4, -0.2) is 94.0 Å². The van der Waals surface area contributed by atoms with E-state index in [0.29, 0.717) is 50.3 Å². The molecule has 470 valence electrons. The Bertz CT molecular complexity index is 3650. The number of hydrogen-bond acceptors (Lipinski definition) is 11. The van der Waals surface area contributed by atoms with Gasteiger partial charge in [-0.2, -0.15) is 13.2 Å². The van der Waals surface area contributed by atoms with E-state index in [-0.39, 0.29) is 33.0 Å². The maximum absolute atomic E-state index is 14.6. The van der Waals surface area contributed by atoms with Gasteiger partial charge in [0, 0.05) is 53.5 Å². The lowest BCUT2D eigenvalue weighted by molar-refractivity contribution is -0.0436. The highest BCUT2D eigenvalue weighted by molar-refractivity contribution is 7.99. The molecule has 11 nitrogen and oxygen atoms in total. The average Bonchev–Trinajstić information content (AvgIpc) is 1.19. The molecule has 1 heterocycles. The zero-order valence-corrected chi connectivity index (χ0v) is 57.0. The summed E-state index contributed by atoms with van der Waals surface area (Å²) in [7, 11) is -16.3. The topological polar surface area (TPSA) is 134 Å². The van der Waals surface area contributed by atoms with Gasteiger partial charge in [-0.3, -0.25) is 9.69 Å².